The average molecular weight is 538 g/mol. The van der Waals surface area contributed by atoms with Crippen LogP contribution in [0.15, 0.2) is 36.4 Å². The molecule has 1 saturated heterocycles. The van der Waals surface area contributed by atoms with Crippen LogP contribution in [0.4, 0.5) is 4.79 Å². The van der Waals surface area contributed by atoms with Crippen molar-refractivity contribution in [1.82, 2.24) is 14.7 Å². The third-order valence-corrected chi connectivity index (χ3v) is 7.22. The Kier molecular flexibility index (Phi) is 9.12. The molecule has 0 saturated carbocycles. The summed E-state index contributed by atoms with van der Waals surface area (Å²) in [5, 5.41) is 9.78. The van der Waals surface area contributed by atoms with E-state index in [2.05, 4.69) is 30.9 Å². The first-order valence-corrected chi connectivity index (χ1v) is 13.6. The van der Waals surface area contributed by atoms with Gasteiger partial charge in [0.2, 0.25) is 5.91 Å². The van der Waals surface area contributed by atoms with Crippen molar-refractivity contribution in [1.29, 1.82) is 0 Å². The van der Waals surface area contributed by atoms with Gasteiger partial charge in [0, 0.05) is 45.6 Å². The number of hydrogen-bond acceptors (Lipinski definition) is 6. The molecule has 0 aromatic heterocycles. The molecule has 2 aromatic rings. The molecular formula is C30H39N3O6. The summed E-state index contributed by atoms with van der Waals surface area (Å²) in [6, 6.07) is 11.4. The van der Waals surface area contributed by atoms with Crippen LogP contribution in [0.3, 0.4) is 0 Å². The Hall–Kier alpha value is -3.59. The Labute approximate surface area is 230 Å². The number of rotatable bonds is 12. The van der Waals surface area contributed by atoms with Crippen molar-refractivity contribution in [2.45, 2.75) is 52.6 Å². The van der Waals surface area contributed by atoms with Crippen molar-refractivity contribution in [2.24, 2.45) is 5.92 Å². The Morgan fingerprint density at radius 1 is 1.15 bits per heavy atom. The van der Waals surface area contributed by atoms with Gasteiger partial charge in [-0.15, -0.1) is 0 Å². The van der Waals surface area contributed by atoms with Gasteiger partial charge in [-0.1, -0.05) is 38.1 Å². The molecule has 0 radical (unpaired) electrons. The van der Waals surface area contributed by atoms with Gasteiger partial charge in [-0.3, -0.25) is 19.4 Å². The fraction of sp³-hybridized carbons (Fsp3) is 0.500. The van der Waals surface area contributed by atoms with Crippen LogP contribution in [0.5, 0.6) is 11.5 Å². The molecule has 1 atom stereocenters. The maximum absolute atomic E-state index is 12.3. The second-order valence-electron chi connectivity index (χ2n) is 10.9. The first-order chi connectivity index (χ1) is 18.6. The van der Waals surface area contributed by atoms with Gasteiger partial charge in [0.15, 0.2) is 0 Å². The predicted octanol–water partition coefficient (Wildman–Crippen LogP) is 4.27. The van der Waals surface area contributed by atoms with Crippen molar-refractivity contribution in [3.8, 4) is 11.5 Å². The molecule has 9 nitrogen and oxygen atoms in total. The van der Waals surface area contributed by atoms with Gasteiger partial charge in [-0.05, 0) is 47.2 Å². The van der Waals surface area contributed by atoms with Crippen LogP contribution in [-0.4, -0.2) is 77.6 Å². The van der Waals surface area contributed by atoms with E-state index in [1.165, 1.54) is 4.90 Å². The highest BCUT2D eigenvalue weighted by Crippen LogP contribution is 2.33. The van der Waals surface area contributed by atoms with Gasteiger partial charge in [0.05, 0.1) is 19.6 Å². The van der Waals surface area contributed by atoms with E-state index in [4.69, 9.17) is 9.47 Å². The fourth-order valence-electron chi connectivity index (χ4n) is 5.29. The molecule has 2 heterocycles. The topological polar surface area (TPSA) is 99.6 Å². The van der Waals surface area contributed by atoms with E-state index < -0.39 is 5.97 Å². The molecule has 1 fully saturated rings. The van der Waals surface area contributed by atoms with E-state index in [1.807, 2.05) is 31.2 Å². The second kappa shape index (κ2) is 12.5. The fourth-order valence-corrected chi connectivity index (χ4v) is 5.29. The van der Waals surface area contributed by atoms with E-state index in [9.17, 15) is 19.5 Å². The SMILES string of the molecule is Cc1cc(CN(CC(C)C)C(CC(=O)O)c2ccc3c(c2)CCO3)ccc1OCCN1C(=O)CCN(C)C1=O. The van der Waals surface area contributed by atoms with E-state index in [1.54, 1.807) is 11.9 Å². The number of imide groups is 1. The number of amides is 3. The Balaban J connectivity index is 1.47. The minimum Gasteiger partial charge on any atom is -0.493 e. The third kappa shape index (κ3) is 7.09. The molecule has 2 aromatic carbocycles. The summed E-state index contributed by atoms with van der Waals surface area (Å²) >= 11 is 0. The van der Waals surface area contributed by atoms with Gasteiger partial charge in [0.25, 0.3) is 0 Å². The van der Waals surface area contributed by atoms with Crippen LogP contribution in [0.2, 0.25) is 0 Å². The zero-order chi connectivity index (χ0) is 28.1. The predicted molar refractivity (Wildman–Crippen MR) is 147 cm³/mol. The summed E-state index contributed by atoms with van der Waals surface area (Å²) in [4.78, 5) is 41.4. The second-order valence-corrected chi connectivity index (χ2v) is 10.9. The van der Waals surface area contributed by atoms with Crippen molar-refractivity contribution in [3.63, 3.8) is 0 Å². The average Bonchev–Trinajstić information content (AvgIpc) is 3.35. The lowest BCUT2D eigenvalue weighted by atomic mass is 9.97. The standard InChI is InChI=1S/C30H39N3O6/c1-20(2)18-32(25(17-29(35)36)23-6-8-27-24(16-23)10-13-38-27)19-22-5-7-26(21(3)15-22)39-14-12-33-28(34)9-11-31(4)30(33)37/h5-8,15-16,20,25H,9-14,17-19H2,1-4H3,(H,35,36). The molecule has 3 amide bonds. The highest BCUT2D eigenvalue weighted by atomic mass is 16.5. The first-order valence-electron chi connectivity index (χ1n) is 13.6. The van der Waals surface area contributed by atoms with Crippen LogP contribution in [0, 0.1) is 12.8 Å². The summed E-state index contributed by atoms with van der Waals surface area (Å²) < 4.78 is 11.6. The highest BCUT2D eigenvalue weighted by molar-refractivity contribution is 5.96. The monoisotopic (exact) mass is 537 g/mol. The maximum atomic E-state index is 12.3. The number of benzene rings is 2. The van der Waals surface area contributed by atoms with Gasteiger partial charge >= 0.3 is 12.0 Å². The van der Waals surface area contributed by atoms with Crippen molar-refractivity contribution in [3.05, 3.63) is 58.7 Å². The van der Waals surface area contributed by atoms with E-state index in [0.717, 1.165) is 41.0 Å². The number of urea groups is 1. The molecule has 39 heavy (non-hydrogen) atoms. The van der Waals surface area contributed by atoms with E-state index in [-0.39, 0.29) is 37.6 Å². The molecule has 2 aliphatic heterocycles. The number of aliphatic carboxylic acids is 1. The normalized spacial score (nSPS) is 16.1. The van der Waals surface area contributed by atoms with Crippen molar-refractivity contribution < 1.29 is 29.0 Å². The number of nitrogens with zero attached hydrogens (tertiary/aromatic N) is 3. The molecule has 9 heteroatoms. The molecule has 1 N–H and O–H groups in total. The number of carbonyl (C=O) groups is 3. The summed E-state index contributed by atoms with van der Waals surface area (Å²) in [6.07, 6.45) is 1.17. The molecule has 210 valence electrons. The van der Waals surface area contributed by atoms with Gasteiger partial charge in [-0.2, -0.15) is 0 Å². The molecule has 0 aliphatic carbocycles. The van der Waals surface area contributed by atoms with E-state index in [0.29, 0.717) is 37.8 Å². The lowest BCUT2D eigenvalue weighted by molar-refractivity contribution is -0.138. The van der Waals surface area contributed by atoms with Crippen LogP contribution in [0.25, 0.3) is 0 Å². The summed E-state index contributed by atoms with van der Waals surface area (Å²) in [5.74, 6) is 0.922. The summed E-state index contributed by atoms with van der Waals surface area (Å²) in [6.45, 7) is 9.10. The minimum atomic E-state index is -0.831. The van der Waals surface area contributed by atoms with Gasteiger partial charge in [-0.25, -0.2) is 4.79 Å². The van der Waals surface area contributed by atoms with Crippen molar-refractivity contribution in [2.75, 3.05) is 39.9 Å². The number of carbonyl (C=O) groups excluding carboxylic acids is 2. The maximum Gasteiger partial charge on any atom is 0.326 e. The van der Waals surface area contributed by atoms with Crippen molar-refractivity contribution >= 4 is 17.9 Å². The largest absolute Gasteiger partial charge is 0.493 e. The number of hydrogen-bond donors (Lipinski definition) is 1. The molecule has 1 unspecified atom stereocenters. The molecule has 4 rings (SSSR count). The van der Waals surface area contributed by atoms with Gasteiger partial charge < -0.3 is 19.5 Å². The Morgan fingerprint density at radius 2 is 1.95 bits per heavy atom. The van der Waals surface area contributed by atoms with Crippen LogP contribution < -0.4 is 9.47 Å². The van der Waals surface area contributed by atoms with Crippen LogP contribution in [-0.2, 0) is 22.6 Å². The summed E-state index contributed by atoms with van der Waals surface area (Å²) in [7, 11) is 1.69. The van der Waals surface area contributed by atoms with E-state index >= 15 is 0 Å². The lowest BCUT2D eigenvalue weighted by Gasteiger charge is -2.33. The number of ether oxygens (including phenoxy) is 2. The quantitative estimate of drug-likeness (QED) is 0.432. The lowest BCUT2D eigenvalue weighted by Crippen LogP contribution is -2.51. The Bertz CT molecular complexity index is 1210. The number of carboxylic acids is 1. The molecular weight excluding hydrogens is 498 g/mol. The molecule has 2 aliphatic rings. The molecule has 0 bridgehead atoms. The van der Waals surface area contributed by atoms with Crippen LogP contribution in [0.1, 0.15) is 55.0 Å². The van der Waals surface area contributed by atoms with Gasteiger partial charge in [0.1, 0.15) is 18.1 Å². The minimum absolute atomic E-state index is 0.00959. The molecule has 0 spiro atoms. The zero-order valence-electron chi connectivity index (χ0n) is 23.3. The first kappa shape index (κ1) is 28.4. The van der Waals surface area contributed by atoms with Crippen LogP contribution >= 0.6 is 0 Å². The third-order valence-electron chi connectivity index (χ3n) is 7.22. The number of fused-ring (bicyclic) bond motifs is 1. The zero-order valence-corrected chi connectivity index (χ0v) is 23.3. The smallest absolute Gasteiger partial charge is 0.326 e. The number of carboxylic acid groups (broad SMARTS) is 1. The summed E-state index contributed by atoms with van der Waals surface area (Å²) in [5.41, 5.74) is 4.12. The number of aryl methyl sites for hydroxylation is 1. The highest BCUT2D eigenvalue weighted by Gasteiger charge is 2.30. The Morgan fingerprint density at radius 3 is 2.67 bits per heavy atom.